The number of amides is 1. The summed E-state index contributed by atoms with van der Waals surface area (Å²) in [5.41, 5.74) is 0.902. The van der Waals surface area contributed by atoms with Crippen molar-refractivity contribution in [3.8, 4) is 0 Å². The lowest BCUT2D eigenvalue weighted by Gasteiger charge is -2.43. The van der Waals surface area contributed by atoms with Gasteiger partial charge in [0.05, 0.1) is 31.0 Å². The molecule has 3 atom stereocenters. The Bertz CT molecular complexity index is 568. The number of methoxy groups -OCH3 is 1. The van der Waals surface area contributed by atoms with Gasteiger partial charge >= 0.3 is 0 Å². The molecule has 0 unspecified atom stereocenters. The van der Waals surface area contributed by atoms with Gasteiger partial charge in [-0.25, -0.2) is 0 Å². The standard InChI is InChI=1S/C19H28N2O4/c1-24-19-7-4-16(25-13-12-22)14-17(19)21(11-8-19)18(23)3-2-15-5-9-20-10-6-15/h5-6,9-10,16-17,22H,2-4,7-8,11-14H2,1H3/t16-,17-,19+/m0/s1. The molecule has 138 valence electrons. The molecule has 1 aliphatic carbocycles. The molecule has 6 heteroatoms. The van der Waals surface area contributed by atoms with Crippen LogP contribution >= 0.6 is 0 Å². The van der Waals surface area contributed by atoms with Crippen LogP contribution in [0.4, 0.5) is 0 Å². The van der Waals surface area contributed by atoms with E-state index >= 15 is 0 Å². The minimum absolute atomic E-state index is 0.0329. The molecule has 1 amide bonds. The fourth-order valence-electron chi connectivity index (χ4n) is 4.28. The van der Waals surface area contributed by atoms with Crippen LogP contribution in [0.3, 0.4) is 0 Å². The number of carbonyl (C=O) groups is 1. The van der Waals surface area contributed by atoms with Crippen LogP contribution in [0, 0.1) is 0 Å². The molecule has 1 N–H and O–H groups in total. The largest absolute Gasteiger partial charge is 0.394 e. The lowest BCUT2D eigenvalue weighted by molar-refractivity contribution is -0.142. The predicted octanol–water partition coefficient (Wildman–Crippen LogP) is 1.56. The number of aryl methyl sites for hydroxylation is 1. The second-order valence-electron chi connectivity index (χ2n) is 6.97. The van der Waals surface area contributed by atoms with Crippen molar-refractivity contribution in [2.45, 2.75) is 56.3 Å². The van der Waals surface area contributed by atoms with Crippen LogP contribution in [-0.4, -0.2) is 65.5 Å². The number of aliphatic hydroxyl groups is 1. The lowest BCUT2D eigenvalue weighted by atomic mass is 9.79. The number of hydrogen-bond acceptors (Lipinski definition) is 5. The van der Waals surface area contributed by atoms with Crippen LogP contribution < -0.4 is 0 Å². The van der Waals surface area contributed by atoms with E-state index in [-0.39, 0.29) is 30.3 Å². The summed E-state index contributed by atoms with van der Waals surface area (Å²) in [6.45, 7) is 1.14. The maximum atomic E-state index is 12.8. The average molecular weight is 348 g/mol. The lowest BCUT2D eigenvalue weighted by Crippen LogP contribution is -2.53. The Labute approximate surface area is 149 Å². The number of hydrogen-bond donors (Lipinski definition) is 1. The average Bonchev–Trinajstić information content (AvgIpc) is 3.04. The van der Waals surface area contributed by atoms with Crippen molar-refractivity contribution in [1.82, 2.24) is 9.88 Å². The van der Waals surface area contributed by atoms with Gasteiger partial charge in [-0.15, -0.1) is 0 Å². The molecule has 6 nitrogen and oxygen atoms in total. The Morgan fingerprint density at radius 1 is 1.40 bits per heavy atom. The maximum absolute atomic E-state index is 12.8. The fraction of sp³-hybridized carbons (Fsp3) is 0.684. The number of ether oxygens (including phenoxy) is 2. The van der Waals surface area contributed by atoms with E-state index in [0.717, 1.165) is 44.2 Å². The van der Waals surface area contributed by atoms with Crippen molar-refractivity contribution in [2.75, 3.05) is 26.9 Å². The van der Waals surface area contributed by atoms with Crippen molar-refractivity contribution in [3.05, 3.63) is 30.1 Å². The smallest absolute Gasteiger partial charge is 0.223 e. The third kappa shape index (κ3) is 4.02. The van der Waals surface area contributed by atoms with Crippen molar-refractivity contribution in [3.63, 3.8) is 0 Å². The van der Waals surface area contributed by atoms with E-state index in [1.165, 1.54) is 0 Å². The van der Waals surface area contributed by atoms with Gasteiger partial charge in [0.1, 0.15) is 0 Å². The maximum Gasteiger partial charge on any atom is 0.223 e. The molecular weight excluding hydrogens is 320 g/mol. The Balaban J connectivity index is 1.63. The highest BCUT2D eigenvalue weighted by atomic mass is 16.5. The summed E-state index contributed by atoms with van der Waals surface area (Å²) >= 11 is 0. The van der Waals surface area contributed by atoms with Crippen LogP contribution in [0.5, 0.6) is 0 Å². The molecule has 1 aromatic heterocycles. The van der Waals surface area contributed by atoms with Crippen molar-refractivity contribution < 1.29 is 19.4 Å². The Morgan fingerprint density at radius 2 is 2.20 bits per heavy atom. The zero-order chi connectivity index (χ0) is 17.7. The minimum atomic E-state index is -0.231. The molecule has 2 heterocycles. The molecule has 0 bridgehead atoms. The summed E-state index contributed by atoms with van der Waals surface area (Å²) in [6, 6.07) is 3.98. The third-order valence-corrected chi connectivity index (χ3v) is 5.68. The molecule has 25 heavy (non-hydrogen) atoms. The monoisotopic (exact) mass is 348 g/mol. The SMILES string of the molecule is CO[C@@]12CC[C@H](OCCO)C[C@@H]1N(C(=O)CCc1ccncc1)CC2. The van der Waals surface area contributed by atoms with E-state index < -0.39 is 0 Å². The number of pyridine rings is 1. The van der Waals surface area contributed by atoms with Crippen molar-refractivity contribution in [1.29, 1.82) is 0 Å². The van der Waals surface area contributed by atoms with E-state index in [1.54, 1.807) is 19.5 Å². The molecule has 1 saturated carbocycles. The molecule has 1 aromatic rings. The highest BCUT2D eigenvalue weighted by molar-refractivity contribution is 5.77. The van der Waals surface area contributed by atoms with Crippen LogP contribution in [0.1, 0.15) is 37.7 Å². The van der Waals surface area contributed by atoms with E-state index in [9.17, 15) is 4.79 Å². The topological polar surface area (TPSA) is 71.9 Å². The molecular formula is C19H28N2O4. The summed E-state index contributed by atoms with van der Waals surface area (Å²) in [5, 5.41) is 8.98. The number of aromatic nitrogens is 1. The van der Waals surface area contributed by atoms with E-state index in [4.69, 9.17) is 14.6 Å². The summed E-state index contributed by atoms with van der Waals surface area (Å²) < 4.78 is 11.6. The second kappa shape index (κ2) is 8.25. The van der Waals surface area contributed by atoms with Crippen LogP contribution in [0.15, 0.2) is 24.5 Å². The zero-order valence-electron chi connectivity index (χ0n) is 14.9. The first-order valence-electron chi connectivity index (χ1n) is 9.14. The van der Waals surface area contributed by atoms with Crippen molar-refractivity contribution in [2.24, 2.45) is 0 Å². The Kier molecular flexibility index (Phi) is 6.04. The first-order valence-corrected chi connectivity index (χ1v) is 9.14. The number of carbonyl (C=O) groups excluding carboxylic acids is 1. The third-order valence-electron chi connectivity index (χ3n) is 5.68. The molecule has 1 aliphatic heterocycles. The molecule has 2 fully saturated rings. The molecule has 0 radical (unpaired) electrons. The van der Waals surface area contributed by atoms with Gasteiger partial charge in [0, 0.05) is 32.5 Å². The van der Waals surface area contributed by atoms with Crippen LogP contribution in [0.2, 0.25) is 0 Å². The highest BCUT2D eigenvalue weighted by Crippen LogP contribution is 2.43. The number of aliphatic hydroxyl groups excluding tert-OH is 1. The summed E-state index contributed by atoms with van der Waals surface area (Å²) in [6.07, 6.45) is 8.34. The number of nitrogens with zero attached hydrogens (tertiary/aromatic N) is 2. The normalized spacial score (nSPS) is 28.8. The van der Waals surface area contributed by atoms with E-state index in [2.05, 4.69) is 4.98 Å². The van der Waals surface area contributed by atoms with Crippen LogP contribution in [0.25, 0.3) is 0 Å². The quantitative estimate of drug-likeness (QED) is 0.810. The van der Waals surface area contributed by atoms with E-state index in [0.29, 0.717) is 13.0 Å². The van der Waals surface area contributed by atoms with Gasteiger partial charge in [0.2, 0.25) is 5.91 Å². The number of fused-ring (bicyclic) bond motifs is 1. The molecule has 0 spiro atoms. The molecule has 0 aromatic carbocycles. The second-order valence-corrected chi connectivity index (χ2v) is 6.97. The predicted molar refractivity (Wildman–Crippen MR) is 93.1 cm³/mol. The minimum Gasteiger partial charge on any atom is -0.394 e. The highest BCUT2D eigenvalue weighted by Gasteiger charge is 2.52. The Morgan fingerprint density at radius 3 is 2.92 bits per heavy atom. The zero-order valence-corrected chi connectivity index (χ0v) is 14.9. The Hall–Kier alpha value is -1.50. The summed E-state index contributed by atoms with van der Waals surface area (Å²) in [5.74, 6) is 0.184. The van der Waals surface area contributed by atoms with Gasteiger partial charge in [-0.1, -0.05) is 0 Å². The first kappa shape index (κ1) is 18.3. The van der Waals surface area contributed by atoms with Crippen LogP contribution in [-0.2, 0) is 20.7 Å². The van der Waals surface area contributed by atoms with Gasteiger partial charge in [-0.3, -0.25) is 9.78 Å². The summed E-state index contributed by atoms with van der Waals surface area (Å²) in [4.78, 5) is 18.8. The van der Waals surface area contributed by atoms with Gasteiger partial charge < -0.3 is 19.5 Å². The fourth-order valence-corrected chi connectivity index (χ4v) is 4.28. The first-order chi connectivity index (χ1) is 12.2. The van der Waals surface area contributed by atoms with Gasteiger partial charge in [0.25, 0.3) is 0 Å². The molecule has 3 rings (SSSR count). The number of likely N-dealkylation sites (tertiary alicyclic amines) is 1. The van der Waals surface area contributed by atoms with Crippen molar-refractivity contribution >= 4 is 5.91 Å². The summed E-state index contributed by atoms with van der Waals surface area (Å²) in [7, 11) is 1.76. The molecule has 2 aliphatic rings. The van der Waals surface area contributed by atoms with E-state index in [1.807, 2.05) is 17.0 Å². The van der Waals surface area contributed by atoms with Gasteiger partial charge in [0.15, 0.2) is 0 Å². The molecule has 1 saturated heterocycles. The van der Waals surface area contributed by atoms with Gasteiger partial charge in [-0.2, -0.15) is 0 Å². The van der Waals surface area contributed by atoms with Gasteiger partial charge in [-0.05, 0) is 49.8 Å². The number of rotatable bonds is 7.